The fraction of sp³-hybridized carbons (Fsp3) is 0.588. The molecular weight excluding hydrogens is 293 g/mol. The normalized spacial score (nSPS) is 22.8. The van der Waals surface area contributed by atoms with Crippen molar-refractivity contribution >= 4 is 18.5 Å². The summed E-state index contributed by atoms with van der Waals surface area (Å²) in [6, 6.07) is 5.66. The van der Waals surface area contributed by atoms with E-state index in [1.54, 1.807) is 6.07 Å². The summed E-state index contributed by atoms with van der Waals surface area (Å²) in [5, 5.41) is 9.84. The van der Waals surface area contributed by atoms with Crippen LogP contribution >= 0.6 is 0 Å². The molecule has 0 saturated carbocycles. The minimum absolute atomic E-state index is 0.0112. The number of carbonyl (C=O) groups excluding carboxylic acids is 1. The van der Waals surface area contributed by atoms with Gasteiger partial charge in [-0.3, -0.25) is 4.79 Å². The van der Waals surface area contributed by atoms with Crippen molar-refractivity contribution in [3.05, 3.63) is 29.3 Å². The first-order valence-corrected chi connectivity index (χ1v) is 8.28. The lowest BCUT2D eigenvalue weighted by molar-refractivity contribution is -0.0777. The van der Waals surface area contributed by atoms with Crippen LogP contribution in [0, 0.1) is 0 Å². The molecule has 1 saturated heterocycles. The second-order valence-corrected chi connectivity index (χ2v) is 6.92. The Balaban J connectivity index is 1.82. The van der Waals surface area contributed by atoms with Gasteiger partial charge < -0.3 is 19.3 Å². The molecule has 0 spiro atoms. The highest BCUT2D eigenvalue weighted by Gasteiger charge is 2.35. The minimum atomic E-state index is -0.921. The molecule has 3 rings (SSSR count). The molecule has 23 heavy (non-hydrogen) atoms. The highest BCUT2D eigenvalue weighted by atomic mass is 16.5. The molecule has 2 aliphatic rings. The second kappa shape index (κ2) is 6.26. The van der Waals surface area contributed by atoms with Crippen LogP contribution in [0.1, 0.15) is 49.5 Å². The SMILES string of the molecule is CCN(C(=O)c1ccc2c(c1)B(O)OC2)C1CCOC(C)(C)C1. The molecule has 124 valence electrons. The van der Waals surface area contributed by atoms with E-state index in [1.165, 1.54) is 0 Å². The van der Waals surface area contributed by atoms with E-state index >= 15 is 0 Å². The first kappa shape index (κ1) is 16.5. The van der Waals surface area contributed by atoms with E-state index in [-0.39, 0.29) is 17.6 Å². The van der Waals surface area contributed by atoms with Crippen molar-refractivity contribution in [1.82, 2.24) is 4.90 Å². The van der Waals surface area contributed by atoms with E-state index in [1.807, 2.05) is 24.0 Å². The molecule has 1 amide bonds. The van der Waals surface area contributed by atoms with Gasteiger partial charge in [-0.15, -0.1) is 0 Å². The fourth-order valence-corrected chi connectivity index (χ4v) is 3.55. The van der Waals surface area contributed by atoms with E-state index in [9.17, 15) is 9.82 Å². The van der Waals surface area contributed by atoms with Gasteiger partial charge in [-0.25, -0.2) is 0 Å². The first-order chi connectivity index (χ1) is 10.9. The van der Waals surface area contributed by atoms with E-state index in [2.05, 4.69) is 13.8 Å². The number of fused-ring (bicyclic) bond motifs is 1. The number of nitrogens with zero attached hydrogens (tertiary/aromatic N) is 1. The van der Waals surface area contributed by atoms with E-state index < -0.39 is 7.12 Å². The largest absolute Gasteiger partial charge is 0.491 e. The van der Waals surface area contributed by atoms with Crippen LogP contribution < -0.4 is 5.46 Å². The summed E-state index contributed by atoms with van der Waals surface area (Å²) in [4.78, 5) is 14.9. The number of carbonyl (C=O) groups is 1. The summed E-state index contributed by atoms with van der Waals surface area (Å²) < 4.78 is 11.0. The van der Waals surface area contributed by atoms with Gasteiger partial charge in [-0.05, 0) is 56.8 Å². The maximum absolute atomic E-state index is 13.0. The molecular formula is C17H24BNO4. The highest BCUT2D eigenvalue weighted by molar-refractivity contribution is 6.61. The molecule has 0 aromatic heterocycles. The maximum Gasteiger partial charge on any atom is 0.491 e. The standard InChI is InChI=1S/C17H24BNO4/c1-4-19(14-7-8-22-17(2,3)10-14)16(20)12-5-6-13-11-23-18(21)15(13)9-12/h5-6,9,14,21H,4,7-8,10-11H2,1-3H3. The molecule has 0 radical (unpaired) electrons. The van der Waals surface area contributed by atoms with E-state index in [0.717, 1.165) is 18.4 Å². The lowest BCUT2D eigenvalue weighted by Crippen LogP contribution is -2.48. The summed E-state index contributed by atoms with van der Waals surface area (Å²) in [5.74, 6) is 0.0112. The van der Waals surface area contributed by atoms with Gasteiger partial charge in [0.1, 0.15) is 0 Å². The van der Waals surface area contributed by atoms with Gasteiger partial charge in [-0.1, -0.05) is 6.07 Å². The third-order valence-corrected chi connectivity index (χ3v) is 4.77. The molecule has 0 aliphatic carbocycles. The van der Waals surface area contributed by atoms with Crippen LogP contribution in [0.3, 0.4) is 0 Å². The zero-order valence-corrected chi connectivity index (χ0v) is 14.0. The number of hydrogen-bond donors (Lipinski definition) is 1. The van der Waals surface area contributed by atoms with Crippen LogP contribution in [0.4, 0.5) is 0 Å². The number of amides is 1. The van der Waals surface area contributed by atoms with Crippen LogP contribution in [0.25, 0.3) is 0 Å². The van der Waals surface area contributed by atoms with Crippen molar-refractivity contribution in [1.29, 1.82) is 0 Å². The molecule has 0 bridgehead atoms. The Labute approximate surface area is 137 Å². The Kier molecular flexibility index (Phi) is 4.49. The monoisotopic (exact) mass is 317 g/mol. The van der Waals surface area contributed by atoms with Gasteiger partial charge in [0.2, 0.25) is 0 Å². The number of rotatable bonds is 3. The molecule has 2 heterocycles. The quantitative estimate of drug-likeness (QED) is 0.855. The summed E-state index contributed by atoms with van der Waals surface area (Å²) in [6.07, 6.45) is 1.70. The molecule has 1 unspecified atom stereocenters. The van der Waals surface area contributed by atoms with Gasteiger partial charge in [0.25, 0.3) is 5.91 Å². The van der Waals surface area contributed by atoms with Crippen molar-refractivity contribution in [2.45, 2.75) is 51.9 Å². The van der Waals surface area contributed by atoms with Gasteiger partial charge in [0, 0.05) is 24.8 Å². The number of hydrogen-bond acceptors (Lipinski definition) is 4. The fourth-order valence-electron chi connectivity index (χ4n) is 3.55. The third-order valence-electron chi connectivity index (χ3n) is 4.77. The average Bonchev–Trinajstić information content (AvgIpc) is 2.88. The van der Waals surface area contributed by atoms with Crippen molar-refractivity contribution < 1.29 is 19.2 Å². The van der Waals surface area contributed by atoms with Crippen molar-refractivity contribution in [3.63, 3.8) is 0 Å². The van der Waals surface area contributed by atoms with E-state index in [4.69, 9.17) is 9.39 Å². The van der Waals surface area contributed by atoms with Crippen molar-refractivity contribution in [3.8, 4) is 0 Å². The number of ether oxygens (including phenoxy) is 1. The molecule has 1 fully saturated rings. The molecule has 2 aliphatic heterocycles. The van der Waals surface area contributed by atoms with Crippen LogP contribution in [-0.4, -0.2) is 47.7 Å². The average molecular weight is 317 g/mol. The smallest absolute Gasteiger partial charge is 0.423 e. The second-order valence-electron chi connectivity index (χ2n) is 6.92. The number of benzene rings is 1. The van der Waals surface area contributed by atoms with Crippen LogP contribution in [0.2, 0.25) is 0 Å². The lowest BCUT2D eigenvalue weighted by atomic mass is 9.78. The Morgan fingerprint density at radius 1 is 1.48 bits per heavy atom. The zero-order chi connectivity index (χ0) is 16.6. The molecule has 1 N–H and O–H groups in total. The molecule has 5 nitrogen and oxygen atoms in total. The minimum Gasteiger partial charge on any atom is -0.423 e. The van der Waals surface area contributed by atoms with Crippen LogP contribution in [-0.2, 0) is 16.0 Å². The first-order valence-electron chi connectivity index (χ1n) is 8.28. The lowest BCUT2D eigenvalue weighted by Gasteiger charge is -2.41. The zero-order valence-electron chi connectivity index (χ0n) is 14.0. The summed E-state index contributed by atoms with van der Waals surface area (Å²) in [7, 11) is -0.921. The van der Waals surface area contributed by atoms with E-state index in [0.29, 0.717) is 30.8 Å². The predicted molar refractivity (Wildman–Crippen MR) is 88.6 cm³/mol. The maximum atomic E-state index is 13.0. The van der Waals surface area contributed by atoms with Crippen LogP contribution in [0.15, 0.2) is 18.2 Å². The Morgan fingerprint density at radius 3 is 2.96 bits per heavy atom. The van der Waals surface area contributed by atoms with Gasteiger partial charge >= 0.3 is 7.12 Å². The Morgan fingerprint density at radius 2 is 2.26 bits per heavy atom. The predicted octanol–water partition coefficient (Wildman–Crippen LogP) is 1.32. The summed E-state index contributed by atoms with van der Waals surface area (Å²) in [6.45, 7) is 7.89. The van der Waals surface area contributed by atoms with Gasteiger partial charge in [-0.2, -0.15) is 0 Å². The van der Waals surface area contributed by atoms with Crippen molar-refractivity contribution in [2.24, 2.45) is 0 Å². The van der Waals surface area contributed by atoms with Crippen molar-refractivity contribution in [2.75, 3.05) is 13.2 Å². The molecule has 1 atom stereocenters. The topological polar surface area (TPSA) is 59.0 Å². The highest BCUT2D eigenvalue weighted by Crippen LogP contribution is 2.28. The molecule has 6 heteroatoms. The Hall–Kier alpha value is -1.37. The van der Waals surface area contributed by atoms with Gasteiger partial charge in [0.15, 0.2) is 0 Å². The summed E-state index contributed by atoms with van der Waals surface area (Å²) in [5.41, 5.74) is 2.07. The van der Waals surface area contributed by atoms with Crippen LogP contribution in [0.5, 0.6) is 0 Å². The molecule has 1 aromatic carbocycles. The summed E-state index contributed by atoms with van der Waals surface area (Å²) >= 11 is 0. The molecule has 1 aromatic rings. The Bertz CT molecular complexity index is 604. The van der Waals surface area contributed by atoms with Gasteiger partial charge in [0.05, 0.1) is 12.2 Å². The third kappa shape index (κ3) is 3.29.